The summed E-state index contributed by atoms with van der Waals surface area (Å²) in [5.74, 6) is -0.415. The van der Waals surface area contributed by atoms with Crippen LogP contribution >= 0.6 is 9.24 Å². The average Bonchev–Trinajstić information content (AvgIpc) is 2.60. The maximum atomic E-state index is 12.4. The third kappa shape index (κ3) is 5.12. The fraction of sp³-hybridized carbons (Fsp3) is 0.294. The van der Waals surface area contributed by atoms with Crippen LogP contribution in [0.15, 0.2) is 48.5 Å². The van der Waals surface area contributed by atoms with Gasteiger partial charge in [-0.25, -0.2) is 5.06 Å². The van der Waals surface area contributed by atoms with Gasteiger partial charge in [-0.3, -0.25) is 4.84 Å². The molecule has 148 valence electrons. The van der Waals surface area contributed by atoms with Crippen molar-refractivity contribution in [2.45, 2.75) is 24.9 Å². The van der Waals surface area contributed by atoms with Crippen LogP contribution < -0.4 is 14.6 Å². The van der Waals surface area contributed by atoms with Gasteiger partial charge in [0.25, 0.3) is 0 Å². The van der Waals surface area contributed by atoms with E-state index >= 15 is 0 Å². The molecule has 1 unspecified atom stereocenters. The second-order valence-electron chi connectivity index (χ2n) is 5.58. The summed E-state index contributed by atoms with van der Waals surface area (Å²) in [6.45, 7) is 1.93. The highest BCUT2D eigenvalue weighted by molar-refractivity contribution is 7.88. The number of hydroxylamine groups is 1. The Labute approximate surface area is 158 Å². The monoisotopic (exact) mass is 421 g/mol. The molecule has 0 fully saturated rings. The van der Waals surface area contributed by atoms with Gasteiger partial charge in [-0.05, 0) is 41.6 Å². The van der Waals surface area contributed by atoms with Crippen LogP contribution in [-0.4, -0.2) is 21.0 Å². The minimum atomic E-state index is -5.69. The first-order valence-electron chi connectivity index (χ1n) is 7.88. The number of rotatable bonds is 7. The highest BCUT2D eigenvalue weighted by Gasteiger charge is 2.48. The van der Waals surface area contributed by atoms with Crippen LogP contribution in [0, 0.1) is 0 Å². The Kier molecular flexibility index (Phi) is 6.72. The summed E-state index contributed by atoms with van der Waals surface area (Å²) in [7, 11) is -1.59. The van der Waals surface area contributed by atoms with Crippen LogP contribution in [0.2, 0.25) is 0 Å². The average molecular weight is 421 g/mol. The Morgan fingerprint density at radius 2 is 1.63 bits per heavy atom. The van der Waals surface area contributed by atoms with Crippen molar-refractivity contribution in [3.8, 4) is 5.75 Å². The first kappa shape index (κ1) is 21.5. The van der Waals surface area contributed by atoms with Crippen LogP contribution in [0.1, 0.15) is 24.9 Å². The van der Waals surface area contributed by atoms with Crippen molar-refractivity contribution in [2.75, 3.05) is 12.2 Å². The SMILES string of the molecule is CC[C@@H](c1ccc(OS(=O)(=O)C(F)(F)F)cc1)N(OC)c1ccc(P)cc1. The maximum absolute atomic E-state index is 12.4. The minimum Gasteiger partial charge on any atom is -0.376 e. The Morgan fingerprint density at radius 3 is 2.07 bits per heavy atom. The van der Waals surface area contributed by atoms with Crippen molar-refractivity contribution in [1.29, 1.82) is 0 Å². The lowest BCUT2D eigenvalue weighted by Crippen LogP contribution is -2.28. The summed E-state index contributed by atoms with van der Waals surface area (Å²) < 4.78 is 63.5. The smallest absolute Gasteiger partial charge is 0.376 e. The molecule has 2 rings (SSSR count). The number of hydrogen-bond acceptors (Lipinski definition) is 5. The van der Waals surface area contributed by atoms with Gasteiger partial charge in [-0.2, -0.15) is 21.6 Å². The molecule has 2 aromatic carbocycles. The van der Waals surface area contributed by atoms with Gasteiger partial charge in [0, 0.05) is 0 Å². The van der Waals surface area contributed by atoms with Gasteiger partial charge in [-0.15, -0.1) is 9.24 Å². The molecule has 10 heteroatoms. The molecule has 0 heterocycles. The van der Waals surface area contributed by atoms with Gasteiger partial charge >= 0.3 is 15.6 Å². The predicted octanol–water partition coefficient (Wildman–Crippen LogP) is 3.93. The van der Waals surface area contributed by atoms with Crippen LogP contribution in [0.5, 0.6) is 5.75 Å². The molecule has 0 saturated heterocycles. The van der Waals surface area contributed by atoms with E-state index in [4.69, 9.17) is 4.84 Å². The largest absolute Gasteiger partial charge is 0.534 e. The van der Waals surface area contributed by atoms with E-state index in [-0.39, 0.29) is 6.04 Å². The molecule has 0 radical (unpaired) electrons. The lowest BCUT2D eigenvalue weighted by atomic mass is 10.0. The van der Waals surface area contributed by atoms with Crippen molar-refractivity contribution >= 4 is 30.3 Å². The molecule has 0 amide bonds. The Morgan fingerprint density at radius 1 is 1.07 bits per heavy atom. The normalized spacial score (nSPS) is 13.3. The summed E-state index contributed by atoms with van der Waals surface area (Å²) in [5.41, 5.74) is -3.95. The number of hydrogen-bond donors (Lipinski definition) is 0. The molecule has 2 aromatic rings. The summed E-state index contributed by atoms with van der Waals surface area (Å²) in [4.78, 5) is 5.49. The first-order chi connectivity index (χ1) is 12.6. The summed E-state index contributed by atoms with van der Waals surface area (Å²) in [6, 6.07) is 12.7. The highest BCUT2D eigenvalue weighted by atomic mass is 32.2. The zero-order chi connectivity index (χ0) is 20.2. The van der Waals surface area contributed by atoms with Gasteiger partial charge in [0.1, 0.15) is 5.75 Å². The van der Waals surface area contributed by atoms with Crippen LogP contribution in [-0.2, 0) is 15.0 Å². The van der Waals surface area contributed by atoms with Crippen molar-refractivity contribution < 1.29 is 30.6 Å². The van der Waals surface area contributed by atoms with Gasteiger partial charge in [0.2, 0.25) is 0 Å². The molecule has 0 aliphatic carbocycles. The molecule has 0 bridgehead atoms. The standard InChI is InChI=1S/C17H19F3NO4PS/c1-3-16(21(24-2)13-6-10-15(26)11-7-13)12-4-8-14(9-5-12)25-27(22,23)17(18,19)20/h4-11,16H,3,26H2,1-2H3/t16-/m0/s1. The van der Waals surface area contributed by atoms with Crippen molar-refractivity contribution in [3.63, 3.8) is 0 Å². The lowest BCUT2D eigenvalue weighted by molar-refractivity contribution is -0.0500. The molecular formula is C17H19F3NO4PS. The van der Waals surface area contributed by atoms with Gasteiger partial charge < -0.3 is 4.18 Å². The van der Waals surface area contributed by atoms with Gasteiger partial charge in [-0.1, -0.05) is 31.2 Å². The van der Waals surface area contributed by atoms with E-state index in [2.05, 4.69) is 13.4 Å². The molecule has 0 saturated carbocycles. The number of alkyl halides is 3. The highest BCUT2D eigenvalue weighted by Crippen LogP contribution is 2.32. The molecule has 0 aliphatic rings. The number of anilines is 1. The first-order valence-corrected chi connectivity index (χ1v) is 9.87. The topological polar surface area (TPSA) is 55.8 Å². The quantitative estimate of drug-likeness (QED) is 0.294. The Hall–Kier alpha value is -1.83. The fourth-order valence-electron chi connectivity index (χ4n) is 2.49. The maximum Gasteiger partial charge on any atom is 0.534 e. The Balaban J connectivity index is 2.26. The minimum absolute atomic E-state index is 0.237. The molecule has 5 nitrogen and oxygen atoms in total. The third-order valence-corrected chi connectivity index (χ3v) is 5.13. The molecular weight excluding hydrogens is 402 g/mol. The van der Waals surface area contributed by atoms with E-state index in [1.54, 1.807) is 5.06 Å². The van der Waals surface area contributed by atoms with Gasteiger partial charge in [0.05, 0.1) is 18.8 Å². The van der Waals surface area contributed by atoms with Crippen LogP contribution in [0.3, 0.4) is 0 Å². The van der Waals surface area contributed by atoms with E-state index in [0.717, 1.165) is 16.6 Å². The predicted molar refractivity (Wildman–Crippen MR) is 100 cm³/mol. The van der Waals surface area contributed by atoms with Crippen molar-refractivity contribution in [2.24, 2.45) is 0 Å². The second-order valence-corrected chi connectivity index (χ2v) is 7.78. The molecule has 0 aromatic heterocycles. The Bertz CT molecular complexity index is 855. The molecule has 0 N–H and O–H groups in total. The lowest BCUT2D eigenvalue weighted by Gasteiger charge is -2.31. The summed E-state index contributed by atoms with van der Waals surface area (Å²) in [5, 5.41) is 2.68. The molecule has 0 aliphatic heterocycles. The molecule has 0 spiro atoms. The number of benzene rings is 2. The van der Waals surface area contributed by atoms with E-state index in [0.29, 0.717) is 6.42 Å². The number of halogens is 3. The van der Waals surface area contributed by atoms with Crippen molar-refractivity contribution in [3.05, 3.63) is 54.1 Å². The molecule has 2 atom stereocenters. The summed E-state index contributed by atoms with van der Waals surface area (Å²) in [6.07, 6.45) is 0.636. The van der Waals surface area contributed by atoms with Gasteiger partial charge in [0.15, 0.2) is 0 Å². The van der Waals surface area contributed by atoms with Crippen LogP contribution in [0.25, 0.3) is 0 Å². The van der Waals surface area contributed by atoms with Crippen LogP contribution in [0.4, 0.5) is 18.9 Å². The zero-order valence-corrected chi connectivity index (χ0v) is 16.6. The summed E-state index contributed by atoms with van der Waals surface area (Å²) >= 11 is 0. The molecule has 27 heavy (non-hydrogen) atoms. The van der Waals surface area contributed by atoms with E-state index in [1.165, 1.54) is 31.4 Å². The fourth-order valence-corrected chi connectivity index (χ4v) is 3.14. The second kappa shape index (κ2) is 8.46. The zero-order valence-electron chi connectivity index (χ0n) is 14.6. The van der Waals surface area contributed by atoms with E-state index < -0.39 is 21.4 Å². The van der Waals surface area contributed by atoms with E-state index in [9.17, 15) is 21.6 Å². The third-order valence-electron chi connectivity index (χ3n) is 3.77. The van der Waals surface area contributed by atoms with Crippen molar-refractivity contribution in [1.82, 2.24) is 0 Å². The van der Waals surface area contributed by atoms with E-state index in [1.807, 2.05) is 31.2 Å². The number of nitrogens with zero attached hydrogens (tertiary/aromatic N) is 1.